The maximum Gasteiger partial charge on any atom is 0.240 e. The first-order valence-electron chi connectivity index (χ1n) is 7.94. The van der Waals surface area contributed by atoms with E-state index in [0.717, 1.165) is 17.8 Å². The number of hydrogen-bond acceptors (Lipinski definition) is 3. The summed E-state index contributed by atoms with van der Waals surface area (Å²) in [6, 6.07) is 3.93. The van der Waals surface area contributed by atoms with Crippen LogP contribution in [0.4, 0.5) is 0 Å². The molecule has 0 aliphatic heterocycles. The lowest BCUT2D eigenvalue weighted by Crippen LogP contribution is -2.48. The summed E-state index contributed by atoms with van der Waals surface area (Å²) in [5.41, 5.74) is 1.81. The number of pyridine rings is 1. The highest BCUT2D eigenvalue weighted by Gasteiger charge is 2.16. The normalized spacial score (nSPS) is 12.0. The molecule has 2 N–H and O–H groups in total. The lowest BCUT2D eigenvalue weighted by molar-refractivity contribution is -0.122. The first kappa shape index (κ1) is 18.9. The molecule has 0 saturated carbocycles. The van der Waals surface area contributed by atoms with Gasteiger partial charge in [-0.1, -0.05) is 6.07 Å². The van der Waals surface area contributed by atoms with Crippen molar-refractivity contribution in [3.05, 3.63) is 29.6 Å². The predicted octanol–water partition coefficient (Wildman–Crippen LogP) is 1.70. The quantitative estimate of drug-likeness (QED) is 0.640. The zero-order chi connectivity index (χ0) is 17.5. The van der Waals surface area contributed by atoms with Gasteiger partial charge in [-0.15, -0.1) is 0 Å². The van der Waals surface area contributed by atoms with Crippen molar-refractivity contribution in [2.75, 3.05) is 20.1 Å². The van der Waals surface area contributed by atoms with Gasteiger partial charge in [-0.3, -0.25) is 9.78 Å². The summed E-state index contributed by atoms with van der Waals surface area (Å²) in [6.45, 7) is 11.4. The monoisotopic (exact) mass is 319 g/mol. The van der Waals surface area contributed by atoms with E-state index in [-0.39, 0.29) is 18.0 Å². The molecule has 0 atom stereocenters. The Morgan fingerprint density at radius 3 is 2.65 bits per heavy atom. The Morgan fingerprint density at radius 2 is 2.09 bits per heavy atom. The number of aryl methyl sites for hydroxylation is 1. The Morgan fingerprint density at radius 1 is 1.39 bits per heavy atom. The molecule has 0 saturated heterocycles. The maximum atomic E-state index is 12.1. The molecular formula is C17H29N5O. The van der Waals surface area contributed by atoms with Crippen LogP contribution < -0.4 is 10.6 Å². The smallest absolute Gasteiger partial charge is 0.240 e. The maximum absolute atomic E-state index is 12.1. The second kappa shape index (κ2) is 8.50. The largest absolute Gasteiger partial charge is 0.357 e. The molecule has 0 radical (unpaired) electrons. The van der Waals surface area contributed by atoms with E-state index in [9.17, 15) is 4.79 Å². The van der Waals surface area contributed by atoms with Crippen LogP contribution >= 0.6 is 0 Å². The third-order valence-electron chi connectivity index (χ3n) is 3.09. The molecule has 1 aromatic heterocycles. The summed E-state index contributed by atoms with van der Waals surface area (Å²) in [4.78, 5) is 22.8. The lowest BCUT2D eigenvalue weighted by Gasteiger charge is -2.25. The average Bonchev–Trinajstić information content (AvgIpc) is 2.42. The van der Waals surface area contributed by atoms with Gasteiger partial charge in [-0.2, -0.15) is 0 Å². The minimum atomic E-state index is -0.238. The number of guanidine groups is 1. The van der Waals surface area contributed by atoms with Crippen molar-refractivity contribution in [3.8, 4) is 0 Å². The highest BCUT2D eigenvalue weighted by Crippen LogP contribution is 2.05. The fraction of sp³-hybridized carbons (Fsp3) is 0.588. The first-order valence-corrected chi connectivity index (χ1v) is 7.94. The standard InChI is InChI=1S/C17H29N5O/c1-7-18-16(20-11-14-13(2)9-8-10-19-14)22(6)12-15(23)21-17(3,4)5/h8-10H,7,11-12H2,1-6H3,(H,18,20)(H,21,23). The second-order valence-electron chi connectivity index (χ2n) is 6.59. The van der Waals surface area contributed by atoms with Crippen LogP contribution in [0.3, 0.4) is 0 Å². The molecule has 0 unspecified atom stereocenters. The zero-order valence-corrected chi connectivity index (χ0v) is 15.1. The van der Waals surface area contributed by atoms with Crippen LogP contribution in [-0.2, 0) is 11.3 Å². The number of nitrogens with zero attached hydrogens (tertiary/aromatic N) is 3. The van der Waals surface area contributed by atoms with Crippen LogP contribution in [-0.4, -0.2) is 47.4 Å². The number of rotatable bonds is 5. The van der Waals surface area contributed by atoms with E-state index in [1.165, 1.54) is 0 Å². The minimum Gasteiger partial charge on any atom is -0.357 e. The Bertz CT molecular complexity index is 548. The number of carbonyl (C=O) groups is 1. The van der Waals surface area contributed by atoms with Gasteiger partial charge in [-0.05, 0) is 46.2 Å². The fourth-order valence-corrected chi connectivity index (χ4v) is 2.05. The number of carbonyl (C=O) groups excluding carboxylic acids is 1. The average molecular weight is 319 g/mol. The van der Waals surface area contributed by atoms with Gasteiger partial charge in [0.1, 0.15) is 0 Å². The molecule has 23 heavy (non-hydrogen) atoms. The number of likely N-dealkylation sites (N-methyl/N-ethyl adjacent to an activating group) is 1. The van der Waals surface area contributed by atoms with Gasteiger partial charge in [-0.25, -0.2) is 4.99 Å². The van der Waals surface area contributed by atoms with Gasteiger partial charge in [0.15, 0.2) is 5.96 Å². The molecule has 0 fully saturated rings. The Balaban J connectivity index is 2.74. The third kappa shape index (κ3) is 7.13. The number of amides is 1. The first-order chi connectivity index (χ1) is 10.7. The van der Waals surface area contributed by atoms with Gasteiger partial charge in [0.2, 0.25) is 5.91 Å². The van der Waals surface area contributed by atoms with E-state index in [1.54, 1.807) is 6.20 Å². The van der Waals surface area contributed by atoms with Gasteiger partial charge >= 0.3 is 0 Å². The van der Waals surface area contributed by atoms with E-state index in [4.69, 9.17) is 0 Å². The third-order valence-corrected chi connectivity index (χ3v) is 3.09. The van der Waals surface area contributed by atoms with Crippen molar-refractivity contribution < 1.29 is 4.79 Å². The van der Waals surface area contributed by atoms with Gasteiger partial charge in [0, 0.05) is 25.3 Å². The lowest BCUT2D eigenvalue weighted by atomic mass is 10.1. The molecule has 0 aliphatic rings. The molecule has 0 aromatic carbocycles. The van der Waals surface area contributed by atoms with E-state index < -0.39 is 0 Å². The molecule has 1 aromatic rings. The van der Waals surface area contributed by atoms with Crippen molar-refractivity contribution in [1.82, 2.24) is 20.5 Å². The topological polar surface area (TPSA) is 69.6 Å². The summed E-state index contributed by atoms with van der Waals surface area (Å²) in [7, 11) is 1.86. The molecule has 0 spiro atoms. The van der Waals surface area contributed by atoms with Crippen LogP contribution in [0.5, 0.6) is 0 Å². The summed E-state index contributed by atoms with van der Waals surface area (Å²) in [5.74, 6) is 0.668. The summed E-state index contributed by atoms with van der Waals surface area (Å²) < 4.78 is 0. The van der Waals surface area contributed by atoms with E-state index in [1.807, 2.05) is 58.7 Å². The molecule has 1 amide bonds. The Hall–Kier alpha value is -2.11. The van der Waals surface area contributed by atoms with Crippen LogP contribution in [0.25, 0.3) is 0 Å². The van der Waals surface area contributed by atoms with Crippen molar-refractivity contribution >= 4 is 11.9 Å². The fourth-order valence-electron chi connectivity index (χ4n) is 2.05. The minimum absolute atomic E-state index is 0.0281. The molecule has 128 valence electrons. The molecule has 0 bridgehead atoms. The van der Waals surface area contributed by atoms with Gasteiger partial charge in [0.25, 0.3) is 0 Å². The second-order valence-corrected chi connectivity index (χ2v) is 6.59. The van der Waals surface area contributed by atoms with Crippen molar-refractivity contribution in [2.24, 2.45) is 4.99 Å². The van der Waals surface area contributed by atoms with Crippen LogP contribution in [0, 0.1) is 6.92 Å². The Kier molecular flexibility index (Phi) is 7.00. The van der Waals surface area contributed by atoms with Crippen molar-refractivity contribution in [3.63, 3.8) is 0 Å². The summed E-state index contributed by atoms with van der Waals surface area (Å²) >= 11 is 0. The highest BCUT2D eigenvalue weighted by atomic mass is 16.2. The molecule has 6 nitrogen and oxygen atoms in total. The van der Waals surface area contributed by atoms with Crippen LogP contribution in [0.2, 0.25) is 0 Å². The van der Waals surface area contributed by atoms with Crippen molar-refractivity contribution in [1.29, 1.82) is 0 Å². The Labute approximate surface area is 139 Å². The zero-order valence-electron chi connectivity index (χ0n) is 15.1. The molecule has 1 heterocycles. The number of aliphatic imine (C=N–C) groups is 1. The van der Waals surface area contributed by atoms with Gasteiger partial charge < -0.3 is 15.5 Å². The molecule has 6 heteroatoms. The highest BCUT2D eigenvalue weighted by molar-refractivity contribution is 5.86. The van der Waals surface area contributed by atoms with E-state index in [0.29, 0.717) is 12.5 Å². The van der Waals surface area contributed by atoms with Gasteiger partial charge in [0.05, 0.1) is 18.8 Å². The summed E-state index contributed by atoms with van der Waals surface area (Å²) in [6.07, 6.45) is 1.77. The molecular weight excluding hydrogens is 290 g/mol. The molecule has 1 rings (SSSR count). The van der Waals surface area contributed by atoms with Crippen LogP contribution in [0.15, 0.2) is 23.3 Å². The number of hydrogen-bond donors (Lipinski definition) is 2. The van der Waals surface area contributed by atoms with E-state index in [2.05, 4.69) is 20.6 Å². The van der Waals surface area contributed by atoms with Crippen LogP contribution in [0.1, 0.15) is 39.0 Å². The summed E-state index contributed by atoms with van der Waals surface area (Å²) in [5, 5.41) is 6.16. The predicted molar refractivity (Wildman–Crippen MR) is 94.3 cm³/mol. The van der Waals surface area contributed by atoms with Crippen molar-refractivity contribution in [2.45, 2.75) is 46.7 Å². The van der Waals surface area contributed by atoms with E-state index >= 15 is 0 Å². The number of aromatic nitrogens is 1. The SMILES string of the molecule is CCNC(=NCc1ncccc1C)N(C)CC(=O)NC(C)(C)C. The molecule has 0 aliphatic carbocycles. The number of nitrogens with one attached hydrogen (secondary N) is 2.